The van der Waals surface area contributed by atoms with E-state index in [0.29, 0.717) is 24.8 Å². The van der Waals surface area contributed by atoms with Gasteiger partial charge < -0.3 is 14.6 Å². The summed E-state index contributed by atoms with van der Waals surface area (Å²) in [5, 5.41) is 3.33. The quantitative estimate of drug-likeness (QED) is 0.820. The van der Waals surface area contributed by atoms with Crippen molar-refractivity contribution < 1.29 is 9.21 Å². The predicted molar refractivity (Wildman–Crippen MR) is 86.6 cm³/mol. The van der Waals surface area contributed by atoms with Gasteiger partial charge in [0.2, 0.25) is 5.91 Å². The number of nitrogens with one attached hydrogen (secondary N) is 1. The fourth-order valence-corrected chi connectivity index (χ4v) is 3.29. The van der Waals surface area contributed by atoms with Crippen molar-refractivity contribution in [1.29, 1.82) is 0 Å². The van der Waals surface area contributed by atoms with Crippen LogP contribution in [0.2, 0.25) is 0 Å². The predicted octanol–water partition coefficient (Wildman–Crippen LogP) is 3.29. The lowest BCUT2D eigenvalue weighted by Crippen LogP contribution is -2.33. The molecule has 1 aliphatic carbocycles. The Labute approximate surface area is 133 Å². The Morgan fingerprint density at radius 3 is 2.68 bits per heavy atom. The van der Waals surface area contributed by atoms with E-state index in [1.54, 1.807) is 0 Å². The zero-order valence-corrected chi connectivity index (χ0v) is 13.6. The van der Waals surface area contributed by atoms with Gasteiger partial charge in [0.05, 0.1) is 6.54 Å². The first-order chi connectivity index (χ1) is 10.7. The summed E-state index contributed by atoms with van der Waals surface area (Å²) in [7, 11) is 0. The molecule has 122 valence electrons. The molecule has 4 nitrogen and oxygen atoms in total. The topological polar surface area (TPSA) is 45.5 Å². The minimum atomic E-state index is 0.293. The van der Waals surface area contributed by atoms with Gasteiger partial charge in [-0.3, -0.25) is 4.79 Å². The van der Waals surface area contributed by atoms with Gasteiger partial charge in [0, 0.05) is 32.0 Å². The molecule has 2 unspecified atom stereocenters. The van der Waals surface area contributed by atoms with Gasteiger partial charge in [-0.1, -0.05) is 19.8 Å². The van der Waals surface area contributed by atoms with Crippen LogP contribution in [0.5, 0.6) is 0 Å². The maximum Gasteiger partial charge on any atom is 0.223 e. The van der Waals surface area contributed by atoms with Crippen LogP contribution < -0.4 is 5.32 Å². The van der Waals surface area contributed by atoms with E-state index in [1.165, 1.54) is 19.3 Å². The maximum absolute atomic E-state index is 12.2. The number of carbonyl (C=O) groups excluding carboxylic acids is 1. The van der Waals surface area contributed by atoms with Gasteiger partial charge in [-0.15, -0.1) is 0 Å². The third kappa shape index (κ3) is 4.13. The lowest BCUT2D eigenvalue weighted by molar-refractivity contribution is -0.131. The van der Waals surface area contributed by atoms with E-state index < -0.39 is 0 Å². The molecule has 1 aromatic rings. The summed E-state index contributed by atoms with van der Waals surface area (Å²) >= 11 is 0. The van der Waals surface area contributed by atoms with Crippen LogP contribution in [0, 0.1) is 5.92 Å². The van der Waals surface area contributed by atoms with E-state index >= 15 is 0 Å². The fraction of sp³-hybridized carbons (Fsp3) is 0.722. The molecule has 2 fully saturated rings. The highest BCUT2D eigenvalue weighted by atomic mass is 16.3. The average molecular weight is 304 g/mol. The van der Waals surface area contributed by atoms with Gasteiger partial charge in [-0.05, 0) is 37.3 Å². The summed E-state index contributed by atoms with van der Waals surface area (Å²) in [5.74, 6) is 3.82. The first-order valence-corrected chi connectivity index (χ1v) is 8.81. The molecule has 1 saturated heterocycles. The molecule has 2 atom stereocenters. The second-order valence-corrected chi connectivity index (χ2v) is 6.85. The summed E-state index contributed by atoms with van der Waals surface area (Å²) in [4.78, 5) is 14.2. The van der Waals surface area contributed by atoms with Crippen LogP contribution in [0.1, 0.15) is 62.9 Å². The molecule has 1 saturated carbocycles. The molecule has 4 heteroatoms. The van der Waals surface area contributed by atoms with Gasteiger partial charge in [-0.25, -0.2) is 0 Å². The molecule has 3 rings (SSSR count). The second kappa shape index (κ2) is 7.32. The second-order valence-electron chi connectivity index (χ2n) is 6.85. The van der Waals surface area contributed by atoms with Crippen LogP contribution in [-0.4, -0.2) is 30.4 Å². The largest absolute Gasteiger partial charge is 0.464 e. The lowest BCUT2D eigenvalue weighted by atomic mass is 10.2. The summed E-state index contributed by atoms with van der Waals surface area (Å²) < 4.78 is 5.86. The normalized spacial score (nSPS) is 25.0. The molecule has 1 N–H and O–H groups in total. The van der Waals surface area contributed by atoms with E-state index in [-0.39, 0.29) is 0 Å². The Kier molecular flexibility index (Phi) is 5.19. The zero-order valence-electron chi connectivity index (χ0n) is 13.6. The number of amides is 1. The molecule has 0 bridgehead atoms. The van der Waals surface area contributed by atoms with Crippen molar-refractivity contribution in [3.63, 3.8) is 0 Å². The van der Waals surface area contributed by atoms with Gasteiger partial charge in [0.1, 0.15) is 11.5 Å². The fourth-order valence-electron chi connectivity index (χ4n) is 3.29. The molecular weight excluding hydrogens is 276 g/mol. The van der Waals surface area contributed by atoms with Crippen LogP contribution in [0.3, 0.4) is 0 Å². The SMILES string of the molecule is CC1CC1c1ccc(CNCCC(=O)N2CCCCCC2)o1. The van der Waals surface area contributed by atoms with E-state index in [2.05, 4.69) is 24.4 Å². The maximum atomic E-state index is 12.2. The van der Waals surface area contributed by atoms with Crippen molar-refractivity contribution in [2.45, 2.75) is 57.9 Å². The van der Waals surface area contributed by atoms with E-state index in [4.69, 9.17) is 4.42 Å². The molecule has 1 aromatic heterocycles. The summed E-state index contributed by atoms with van der Waals surface area (Å²) in [6.07, 6.45) is 6.70. The first-order valence-electron chi connectivity index (χ1n) is 8.81. The molecule has 0 aromatic carbocycles. The Balaban J connectivity index is 1.34. The Morgan fingerprint density at radius 2 is 2.00 bits per heavy atom. The molecule has 0 spiro atoms. The minimum Gasteiger partial charge on any atom is -0.464 e. The summed E-state index contributed by atoms with van der Waals surface area (Å²) in [6, 6.07) is 4.16. The number of hydrogen-bond acceptors (Lipinski definition) is 3. The summed E-state index contributed by atoms with van der Waals surface area (Å²) in [5.41, 5.74) is 0. The smallest absolute Gasteiger partial charge is 0.223 e. The average Bonchev–Trinajstić information content (AvgIpc) is 3.17. The van der Waals surface area contributed by atoms with Gasteiger partial charge in [0.15, 0.2) is 0 Å². The zero-order chi connectivity index (χ0) is 15.4. The molecular formula is C18H28N2O2. The number of hydrogen-bond donors (Lipinski definition) is 1. The van der Waals surface area contributed by atoms with E-state index in [1.807, 2.05) is 4.90 Å². The highest BCUT2D eigenvalue weighted by Gasteiger charge is 2.36. The van der Waals surface area contributed by atoms with E-state index in [9.17, 15) is 4.79 Å². The molecule has 1 aliphatic heterocycles. The van der Waals surface area contributed by atoms with Gasteiger partial charge in [-0.2, -0.15) is 0 Å². The molecule has 2 heterocycles. The number of nitrogens with zero attached hydrogens (tertiary/aromatic N) is 1. The van der Waals surface area contributed by atoms with Crippen LogP contribution in [0.15, 0.2) is 16.5 Å². The third-order valence-corrected chi connectivity index (χ3v) is 4.93. The van der Waals surface area contributed by atoms with Crippen LogP contribution >= 0.6 is 0 Å². The van der Waals surface area contributed by atoms with Gasteiger partial charge in [0.25, 0.3) is 0 Å². The highest BCUT2D eigenvalue weighted by Crippen LogP contribution is 2.47. The Hall–Kier alpha value is -1.29. The lowest BCUT2D eigenvalue weighted by Gasteiger charge is -2.20. The van der Waals surface area contributed by atoms with Crippen molar-refractivity contribution >= 4 is 5.91 Å². The Bertz CT molecular complexity index is 489. The Morgan fingerprint density at radius 1 is 1.27 bits per heavy atom. The molecule has 2 aliphatic rings. The van der Waals surface area contributed by atoms with Crippen molar-refractivity contribution in [3.8, 4) is 0 Å². The third-order valence-electron chi connectivity index (χ3n) is 4.93. The van der Waals surface area contributed by atoms with Crippen LogP contribution in [0.25, 0.3) is 0 Å². The monoisotopic (exact) mass is 304 g/mol. The van der Waals surface area contributed by atoms with Crippen LogP contribution in [-0.2, 0) is 11.3 Å². The molecule has 22 heavy (non-hydrogen) atoms. The number of likely N-dealkylation sites (tertiary alicyclic amines) is 1. The number of rotatable bonds is 6. The van der Waals surface area contributed by atoms with Crippen LogP contribution in [0.4, 0.5) is 0 Å². The van der Waals surface area contributed by atoms with Crippen molar-refractivity contribution in [3.05, 3.63) is 23.7 Å². The highest BCUT2D eigenvalue weighted by molar-refractivity contribution is 5.76. The van der Waals surface area contributed by atoms with E-state index in [0.717, 1.165) is 49.9 Å². The minimum absolute atomic E-state index is 0.293. The molecule has 0 radical (unpaired) electrons. The number of furan rings is 1. The first kappa shape index (κ1) is 15.6. The standard InChI is InChI=1S/C18H28N2O2/c1-14-12-16(14)17-7-6-15(22-17)13-19-9-8-18(21)20-10-4-2-3-5-11-20/h6-7,14,16,19H,2-5,8-13H2,1H3. The molecule has 1 amide bonds. The summed E-state index contributed by atoms with van der Waals surface area (Å²) in [6.45, 7) is 5.60. The van der Waals surface area contributed by atoms with Gasteiger partial charge >= 0.3 is 0 Å². The van der Waals surface area contributed by atoms with Crippen molar-refractivity contribution in [2.75, 3.05) is 19.6 Å². The van der Waals surface area contributed by atoms with Crippen molar-refractivity contribution in [2.24, 2.45) is 5.92 Å². The van der Waals surface area contributed by atoms with Crippen molar-refractivity contribution in [1.82, 2.24) is 10.2 Å². The number of carbonyl (C=O) groups is 1.